The number of methoxy groups -OCH3 is 2. The van der Waals surface area contributed by atoms with E-state index in [1.54, 1.807) is 12.1 Å². The molecule has 0 fully saturated rings. The predicted molar refractivity (Wildman–Crippen MR) is 138 cm³/mol. The molecule has 0 bridgehead atoms. The molecule has 0 atom stereocenters. The zero-order valence-corrected chi connectivity index (χ0v) is 21.9. The number of hydrogen-bond acceptors (Lipinski definition) is 6. The first-order valence-electron chi connectivity index (χ1n) is 12.3. The molecule has 0 aliphatic heterocycles. The second kappa shape index (κ2) is 14.9. The van der Waals surface area contributed by atoms with Crippen LogP contribution in [0.2, 0.25) is 0 Å². The van der Waals surface area contributed by atoms with Crippen molar-refractivity contribution in [3.63, 3.8) is 0 Å². The van der Waals surface area contributed by atoms with Crippen molar-refractivity contribution in [1.82, 2.24) is 5.32 Å². The highest BCUT2D eigenvalue weighted by Crippen LogP contribution is 2.38. The smallest absolute Gasteiger partial charge is 0.220 e. The predicted octanol–water partition coefficient (Wildman–Crippen LogP) is 5.98. The van der Waals surface area contributed by atoms with E-state index < -0.39 is 0 Å². The minimum absolute atomic E-state index is 0.167. The molecule has 1 aromatic rings. The van der Waals surface area contributed by atoms with Gasteiger partial charge in [-0.3, -0.25) is 14.4 Å². The number of ketones is 2. The van der Waals surface area contributed by atoms with Crippen LogP contribution in [-0.2, 0) is 4.79 Å². The number of thioether (sulfide) groups is 1. The van der Waals surface area contributed by atoms with E-state index in [1.165, 1.54) is 51.3 Å². The van der Waals surface area contributed by atoms with E-state index in [2.05, 4.69) is 19.2 Å². The lowest BCUT2D eigenvalue weighted by Crippen LogP contribution is -2.26. The van der Waals surface area contributed by atoms with Gasteiger partial charge in [0.1, 0.15) is 11.5 Å². The van der Waals surface area contributed by atoms with E-state index >= 15 is 0 Å². The van der Waals surface area contributed by atoms with Gasteiger partial charge >= 0.3 is 0 Å². The first-order chi connectivity index (χ1) is 16.4. The van der Waals surface area contributed by atoms with Gasteiger partial charge in [-0.2, -0.15) is 0 Å². The third-order valence-electron chi connectivity index (χ3n) is 5.79. The Bertz CT molecular complexity index is 878. The Morgan fingerprint density at radius 3 is 2.03 bits per heavy atom. The Morgan fingerprint density at radius 2 is 1.44 bits per heavy atom. The maximum atomic E-state index is 13.0. The Labute approximate surface area is 208 Å². The molecule has 6 nitrogen and oxygen atoms in total. The number of rotatable bonds is 16. The number of nitrogens with one attached hydrogen (secondary N) is 1. The van der Waals surface area contributed by atoms with E-state index in [-0.39, 0.29) is 23.0 Å². The molecule has 0 spiro atoms. The van der Waals surface area contributed by atoms with Crippen molar-refractivity contribution in [1.29, 1.82) is 0 Å². The third kappa shape index (κ3) is 8.49. The number of ether oxygens (including phenoxy) is 2. The molecule has 188 valence electrons. The molecule has 1 aromatic carbocycles. The van der Waals surface area contributed by atoms with E-state index in [9.17, 15) is 14.4 Å². The number of fused-ring (bicyclic) bond motifs is 1. The topological polar surface area (TPSA) is 81.7 Å². The SMILES string of the molecule is COc1ccc(OC)c2c1C(=O)C=C(SCCCCCCCCCCC(=O)NCC(C)C)C2=O. The molecule has 7 heteroatoms. The number of Topliss-reactive ketones (excluding diaryl/α,β-unsaturated/α-hetero) is 1. The lowest BCUT2D eigenvalue weighted by atomic mass is 9.93. The molecule has 0 radical (unpaired) electrons. The molecule has 0 saturated carbocycles. The van der Waals surface area contributed by atoms with Gasteiger partial charge in [0, 0.05) is 19.0 Å². The summed E-state index contributed by atoms with van der Waals surface area (Å²) in [6, 6.07) is 3.32. The highest BCUT2D eigenvalue weighted by atomic mass is 32.2. The van der Waals surface area contributed by atoms with Crippen molar-refractivity contribution in [2.24, 2.45) is 5.92 Å². The van der Waals surface area contributed by atoms with E-state index in [0.29, 0.717) is 34.3 Å². The summed E-state index contributed by atoms with van der Waals surface area (Å²) in [4.78, 5) is 37.8. The van der Waals surface area contributed by atoms with Crippen LogP contribution in [0.4, 0.5) is 0 Å². The summed E-state index contributed by atoms with van der Waals surface area (Å²) in [7, 11) is 2.98. The Balaban J connectivity index is 1.62. The molecule has 1 aliphatic rings. The van der Waals surface area contributed by atoms with Crippen molar-refractivity contribution < 1.29 is 23.9 Å². The summed E-state index contributed by atoms with van der Waals surface area (Å²) in [5.74, 6) is 1.87. The van der Waals surface area contributed by atoms with Gasteiger partial charge in [-0.15, -0.1) is 11.8 Å². The van der Waals surface area contributed by atoms with Gasteiger partial charge in [-0.25, -0.2) is 0 Å². The summed E-state index contributed by atoms with van der Waals surface area (Å²) < 4.78 is 10.6. The number of benzene rings is 1. The summed E-state index contributed by atoms with van der Waals surface area (Å²) in [6.45, 7) is 4.96. The highest BCUT2D eigenvalue weighted by Gasteiger charge is 2.32. The summed E-state index contributed by atoms with van der Waals surface area (Å²) in [6.07, 6.45) is 10.9. The molecule has 0 saturated heterocycles. The number of carbonyl (C=O) groups is 3. The lowest BCUT2D eigenvalue weighted by molar-refractivity contribution is -0.121. The monoisotopic (exact) mass is 489 g/mol. The van der Waals surface area contributed by atoms with Crippen molar-refractivity contribution in [2.75, 3.05) is 26.5 Å². The van der Waals surface area contributed by atoms with Crippen LogP contribution in [0.25, 0.3) is 0 Å². The molecule has 0 heterocycles. The number of carbonyl (C=O) groups excluding carboxylic acids is 3. The van der Waals surface area contributed by atoms with E-state index in [0.717, 1.165) is 44.4 Å². The third-order valence-corrected chi connectivity index (χ3v) is 6.90. The van der Waals surface area contributed by atoms with Crippen LogP contribution in [0.1, 0.15) is 92.4 Å². The molecule has 1 N–H and O–H groups in total. The molecule has 0 aromatic heterocycles. The Morgan fingerprint density at radius 1 is 0.882 bits per heavy atom. The average molecular weight is 490 g/mol. The molecule has 0 unspecified atom stereocenters. The molecule has 1 amide bonds. The number of amides is 1. The molecule has 1 aliphatic carbocycles. The van der Waals surface area contributed by atoms with Crippen LogP contribution >= 0.6 is 11.8 Å². The Hall–Kier alpha value is -2.28. The first-order valence-corrected chi connectivity index (χ1v) is 13.3. The number of allylic oxidation sites excluding steroid dienone is 2. The average Bonchev–Trinajstić information content (AvgIpc) is 2.82. The standard InChI is InChI=1S/C27H39NO5S/c1-19(2)18-28-24(30)13-11-9-7-5-6-8-10-12-16-34-23-17-20(29)25-21(32-3)14-15-22(33-4)26(25)27(23)31/h14-15,17,19H,5-13,16,18H2,1-4H3,(H,28,30). The normalized spacial score (nSPS) is 13.0. The summed E-state index contributed by atoms with van der Waals surface area (Å²) in [5, 5.41) is 2.96. The van der Waals surface area contributed by atoms with E-state index in [4.69, 9.17) is 9.47 Å². The minimum atomic E-state index is -0.217. The Kier molecular flexibility index (Phi) is 12.2. The van der Waals surface area contributed by atoms with Gasteiger partial charge in [0.2, 0.25) is 11.7 Å². The summed E-state index contributed by atoms with van der Waals surface area (Å²) in [5.41, 5.74) is 0.585. The van der Waals surface area contributed by atoms with Crippen molar-refractivity contribution in [2.45, 2.75) is 71.6 Å². The second-order valence-electron chi connectivity index (χ2n) is 9.05. The highest BCUT2D eigenvalue weighted by molar-refractivity contribution is 8.04. The fourth-order valence-corrected chi connectivity index (χ4v) is 4.89. The number of unbranched alkanes of at least 4 members (excludes halogenated alkanes) is 7. The van der Waals surface area contributed by atoms with Gasteiger partial charge in [-0.1, -0.05) is 52.4 Å². The van der Waals surface area contributed by atoms with Crippen molar-refractivity contribution >= 4 is 29.2 Å². The molecule has 2 rings (SSSR count). The van der Waals surface area contributed by atoms with Gasteiger partial charge in [0.25, 0.3) is 0 Å². The number of hydrogen-bond donors (Lipinski definition) is 1. The molecular formula is C27H39NO5S. The van der Waals surface area contributed by atoms with Crippen LogP contribution < -0.4 is 14.8 Å². The van der Waals surface area contributed by atoms with Crippen molar-refractivity contribution in [3.8, 4) is 11.5 Å². The fourth-order valence-electron chi connectivity index (χ4n) is 3.90. The zero-order valence-electron chi connectivity index (χ0n) is 21.0. The lowest BCUT2D eigenvalue weighted by Gasteiger charge is -2.19. The maximum absolute atomic E-state index is 13.0. The van der Waals surface area contributed by atoms with Crippen LogP contribution in [0.15, 0.2) is 23.1 Å². The second-order valence-corrected chi connectivity index (χ2v) is 10.2. The summed E-state index contributed by atoms with van der Waals surface area (Å²) >= 11 is 1.45. The van der Waals surface area contributed by atoms with Crippen molar-refractivity contribution in [3.05, 3.63) is 34.2 Å². The van der Waals surface area contributed by atoms with Gasteiger partial charge in [0.05, 0.1) is 30.3 Å². The zero-order chi connectivity index (χ0) is 24.9. The van der Waals surface area contributed by atoms with Crippen LogP contribution in [0.5, 0.6) is 11.5 Å². The van der Waals surface area contributed by atoms with Crippen LogP contribution in [0.3, 0.4) is 0 Å². The van der Waals surface area contributed by atoms with Crippen LogP contribution in [-0.4, -0.2) is 44.0 Å². The largest absolute Gasteiger partial charge is 0.496 e. The molecular weight excluding hydrogens is 450 g/mol. The minimum Gasteiger partial charge on any atom is -0.496 e. The van der Waals surface area contributed by atoms with Crippen LogP contribution in [0, 0.1) is 5.92 Å². The van der Waals surface area contributed by atoms with Gasteiger partial charge < -0.3 is 14.8 Å². The maximum Gasteiger partial charge on any atom is 0.220 e. The fraction of sp³-hybridized carbons (Fsp3) is 0.593. The van der Waals surface area contributed by atoms with E-state index in [1.807, 2.05) is 0 Å². The quantitative estimate of drug-likeness (QED) is 0.288. The van der Waals surface area contributed by atoms with Gasteiger partial charge in [-0.05, 0) is 36.6 Å². The van der Waals surface area contributed by atoms with Gasteiger partial charge in [0.15, 0.2) is 5.78 Å². The first kappa shape index (κ1) is 28.0. The molecule has 34 heavy (non-hydrogen) atoms.